The molecule has 0 fully saturated rings. The number of hydrogen-bond donors (Lipinski definition) is 3. The Bertz CT molecular complexity index is 742. The molecule has 0 aliphatic heterocycles. The van der Waals surface area contributed by atoms with E-state index in [1.54, 1.807) is 6.07 Å². The van der Waals surface area contributed by atoms with Gasteiger partial charge in [0.25, 0.3) is 0 Å². The van der Waals surface area contributed by atoms with E-state index in [1.165, 1.54) is 6.07 Å². The molecule has 4 N–H and O–H groups in total. The second-order valence-electron chi connectivity index (χ2n) is 4.34. The lowest BCUT2D eigenvalue weighted by atomic mass is 10.0. The third-order valence-electron chi connectivity index (χ3n) is 3.16. The molecule has 0 saturated carbocycles. The van der Waals surface area contributed by atoms with Crippen LogP contribution in [0.3, 0.4) is 0 Å². The molecule has 0 aliphatic rings. The first-order valence-corrected chi connectivity index (χ1v) is 5.87. The molecule has 0 aliphatic carbocycles. The second-order valence-corrected chi connectivity index (χ2v) is 4.34. The number of aromatic carboxylic acids is 1. The van der Waals surface area contributed by atoms with Crippen LogP contribution < -0.4 is 5.73 Å². The molecule has 0 spiro atoms. The Morgan fingerprint density at radius 1 is 1.11 bits per heavy atom. The van der Waals surface area contributed by atoms with Crippen molar-refractivity contribution in [2.24, 2.45) is 0 Å². The number of nitrogens with one attached hydrogen (secondary N) is 1. The van der Waals surface area contributed by atoms with Crippen molar-refractivity contribution in [1.29, 1.82) is 0 Å². The van der Waals surface area contributed by atoms with E-state index in [9.17, 15) is 4.79 Å². The number of carbonyl (C=O) groups is 1. The van der Waals surface area contributed by atoms with Crippen molar-refractivity contribution in [1.82, 2.24) is 4.98 Å². The maximum atomic E-state index is 11.1. The van der Waals surface area contributed by atoms with Crippen molar-refractivity contribution in [3.8, 4) is 11.3 Å². The Labute approximate surface area is 109 Å². The van der Waals surface area contributed by atoms with Crippen LogP contribution in [0.2, 0.25) is 0 Å². The van der Waals surface area contributed by atoms with Gasteiger partial charge >= 0.3 is 5.97 Å². The van der Waals surface area contributed by atoms with E-state index >= 15 is 0 Å². The summed E-state index contributed by atoms with van der Waals surface area (Å²) in [6, 6.07) is 14.8. The first-order chi connectivity index (χ1) is 9.16. The van der Waals surface area contributed by atoms with E-state index in [2.05, 4.69) is 4.98 Å². The zero-order chi connectivity index (χ0) is 13.4. The number of anilines is 1. The lowest BCUT2D eigenvalue weighted by Crippen LogP contribution is -2.03. The molecule has 0 amide bonds. The average molecular weight is 252 g/mol. The fraction of sp³-hybridized carbons (Fsp3) is 0. The van der Waals surface area contributed by atoms with Gasteiger partial charge in [-0.15, -0.1) is 0 Å². The predicted octanol–water partition coefficient (Wildman–Crippen LogP) is 3.12. The monoisotopic (exact) mass is 252 g/mol. The number of rotatable bonds is 2. The highest BCUT2D eigenvalue weighted by molar-refractivity contribution is 5.99. The molecule has 0 unspecified atom stereocenters. The van der Waals surface area contributed by atoms with Gasteiger partial charge in [0.2, 0.25) is 0 Å². The van der Waals surface area contributed by atoms with E-state index in [1.807, 2.05) is 36.4 Å². The molecule has 4 nitrogen and oxygen atoms in total. The second kappa shape index (κ2) is 4.17. The van der Waals surface area contributed by atoms with Gasteiger partial charge in [-0.3, -0.25) is 0 Å². The average Bonchev–Trinajstić information content (AvgIpc) is 2.82. The molecule has 3 aromatic rings. The summed E-state index contributed by atoms with van der Waals surface area (Å²) >= 11 is 0. The number of carboxylic acids is 1. The standard InChI is InChI=1S/C15H12N2O2/c16-14-10(5-3-6-11(14)15(18)19)13-8-9-4-1-2-7-12(9)17-13/h1-8,17H,16H2,(H,18,19). The third-order valence-corrected chi connectivity index (χ3v) is 3.16. The van der Waals surface area contributed by atoms with Crippen molar-refractivity contribution in [2.75, 3.05) is 5.73 Å². The van der Waals surface area contributed by atoms with Crippen LogP contribution in [0.5, 0.6) is 0 Å². The van der Waals surface area contributed by atoms with Gasteiger partial charge < -0.3 is 15.8 Å². The summed E-state index contributed by atoms with van der Waals surface area (Å²) in [4.78, 5) is 14.3. The van der Waals surface area contributed by atoms with E-state index in [4.69, 9.17) is 10.8 Å². The summed E-state index contributed by atoms with van der Waals surface area (Å²) in [5.41, 5.74) is 8.86. The van der Waals surface area contributed by atoms with Crippen LogP contribution in [0.25, 0.3) is 22.2 Å². The molecule has 0 bridgehead atoms. The van der Waals surface area contributed by atoms with Crippen LogP contribution >= 0.6 is 0 Å². The number of nitrogens with two attached hydrogens (primary N) is 1. The highest BCUT2D eigenvalue weighted by atomic mass is 16.4. The number of benzene rings is 2. The molecule has 2 aromatic carbocycles. The molecule has 0 radical (unpaired) electrons. The number of nitrogen functional groups attached to an aromatic ring is 1. The summed E-state index contributed by atoms with van der Waals surface area (Å²) in [5.74, 6) is -1.02. The molecule has 3 rings (SSSR count). The summed E-state index contributed by atoms with van der Waals surface area (Å²) < 4.78 is 0. The number of H-pyrrole nitrogens is 1. The minimum atomic E-state index is -1.02. The minimum absolute atomic E-state index is 0.121. The van der Waals surface area contributed by atoms with Crippen LogP contribution in [0.4, 0.5) is 5.69 Å². The van der Waals surface area contributed by atoms with Crippen LogP contribution in [-0.4, -0.2) is 16.1 Å². The third kappa shape index (κ3) is 1.83. The van der Waals surface area contributed by atoms with Crippen molar-refractivity contribution in [2.45, 2.75) is 0 Å². The zero-order valence-electron chi connectivity index (χ0n) is 10.1. The number of para-hydroxylation sites is 2. The first-order valence-electron chi connectivity index (χ1n) is 5.87. The molecule has 1 aromatic heterocycles. The van der Waals surface area contributed by atoms with E-state index < -0.39 is 5.97 Å². The molecule has 19 heavy (non-hydrogen) atoms. The summed E-state index contributed by atoms with van der Waals surface area (Å²) in [5, 5.41) is 10.2. The van der Waals surface area contributed by atoms with Gasteiger partial charge in [0.15, 0.2) is 0 Å². The Hall–Kier alpha value is -2.75. The van der Waals surface area contributed by atoms with Gasteiger partial charge in [-0.05, 0) is 18.2 Å². The van der Waals surface area contributed by atoms with E-state index in [0.717, 1.165) is 16.6 Å². The Morgan fingerprint density at radius 3 is 2.63 bits per heavy atom. The number of aromatic amines is 1. The van der Waals surface area contributed by atoms with Crippen molar-refractivity contribution < 1.29 is 9.90 Å². The largest absolute Gasteiger partial charge is 0.478 e. The molecule has 1 heterocycles. The SMILES string of the molecule is Nc1c(C(=O)O)cccc1-c1cc2ccccc2[nH]1. The Balaban J connectivity index is 2.21. The van der Waals surface area contributed by atoms with Gasteiger partial charge in [0.1, 0.15) is 0 Å². The van der Waals surface area contributed by atoms with Crippen LogP contribution in [0.15, 0.2) is 48.5 Å². The van der Waals surface area contributed by atoms with Crippen molar-refractivity contribution >= 4 is 22.6 Å². The molecular weight excluding hydrogens is 240 g/mol. The maximum Gasteiger partial charge on any atom is 0.337 e. The normalized spacial score (nSPS) is 10.7. The van der Waals surface area contributed by atoms with Gasteiger partial charge in [0, 0.05) is 22.2 Å². The number of carboxylic acid groups (broad SMARTS) is 1. The van der Waals surface area contributed by atoms with Crippen molar-refractivity contribution in [3.63, 3.8) is 0 Å². The Morgan fingerprint density at radius 2 is 1.89 bits per heavy atom. The van der Waals surface area contributed by atoms with Crippen molar-refractivity contribution in [3.05, 3.63) is 54.1 Å². The lowest BCUT2D eigenvalue weighted by Gasteiger charge is -2.06. The molecule has 94 valence electrons. The quantitative estimate of drug-likeness (QED) is 0.613. The van der Waals surface area contributed by atoms with Gasteiger partial charge in [-0.2, -0.15) is 0 Å². The lowest BCUT2D eigenvalue weighted by molar-refractivity contribution is 0.0698. The van der Waals surface area contributed by atoms with E-state index in [-0.39, 0.29) is 11.3 Å². The fourth-order valence-electron chi connectivity index (χ4n) is 2.21. The fourth-order valence-corrected chi connectivity index (χ4v) is 2.21. The predicted molar refractivity (Wildman–Crippen MR) is 75.1 cm³/mol. The summed E-state index contributed by atoms with van der Waals surface area (Å²) in [7, 11) is 0. The highest BCUT2D eigenvalue weighted by Crippen LogP contribution is 2.30. The highest BCUT2D eigenvalue weighted by Gasteiger charge is 2.13. The number of hydrogen-bond acceptors (Lipinski definition) is 2. The van der Waals surface area contributed by atoms with Crippen LogP contribution in [0.1, 0.15) is 10.4 Å². The van der Waals surface area contributed by atoms with Gasteiger partial charge in [-0.25, -0.2) is 4.79 Å². The number of aromatic nitrogens is 1. The summed E-state index contributed by atoms with van der Waals surface area (Å²) in [6.45, 7) is 0. The molecule has 0 atom stereocenters. The maximum absolute atomic E-state index is 11.1. The molecule has 4 heteroatoms. The Kier molecular flexibility index (Phi) is 2.49. The topological polar surface area (TPSA) is 79.1 Å². The van der Waals surface area contributed by atoms with Crippen LogP contribution in [-0.2, 0) is 0 Å². The van der Waals surface area contributed by atoms with Crippen LogP contribution in [0, 0.1) is 0 Å². The number of fused-ring (bicyclic) bond motifs is 1. The molecule has 0 saturated heterocycles. The summed E-state index contributed by atoms with van der Waals surface area (Å²) in [6.07, 6.45) is 0. The molecular formula is C15H12N2O2. The zero-order valence-corrected chi connectivity index (χ0v) is 10.1. The minimum Gasteiger partial charge on any atom is -0.478 e. The first kappa shape index (κ1) is 11.3. The van der Waals surface area contributed by atoms with Gasteiger partial charge in [0.05, 0.1) is 11.3 Å². The van der Waals surface area contributed by atoms with E-state index in [0.29, 0.717) is 5.56 Å². The van der Waals surface area contributed by atoms with Gasteiger partial charge in [-0.1, -0.05) is 30.3 Å². The smallest absolute Gasteiger partial charge is 0.337 e.